The molecule has 1 aromatic carbocycles. The molecule has 0 radical (unpaired) electrons. The molecule has 2 N–H and O–H groups in total. The fourth-order valence-corrected chi connectivity index (χ4v) is 2.94. The zero-order valence-corrected chi connectivity index (χ0v) is 15.3. The number of halogens is 1. The van der Waals surface area contributed by atoms with E-state index in [0.717, 1.165) is 11.3 Å². The first-order chi connectivity index (χ1) is 12.0. The summed E-state index contributed by atoms with van der Waals surface area (Å²) < 4.78 is 5.59. The van der Waals surface area contributed by atoms with E-state index in [9.17, 15) is 9.59 Å². The number of thiazole rings is 1. The van der Waals surface area contributed by atoms with E-state index < -0.39 is 5.97 Å². The molecule has 0 spiro atoms. The van der Waals surface area contributed by atoms with Crippen molar-refractivity contribution < 1.29 is 19.4 Å². The number of carboxylic acids is 1. The van der Waals surface area contributed by atoms with Crippen LogP contribution >= 0.6 is 22.9 Å². The van der Waals surface area contributed by atoms with Crippen molar-refractivity contribution in [2.45, 2.75) is 26.2 Å². The average Bonchev–Trinajstić information content (AvgIpc) is 3.04. The number of aromatic nitrogens is 1. The Bertz CT molecular complexity index is 748. The number of nitrogens with one attached hydrogen (secondary N) is 1. The van der Waals surface area contributed by atoms with Gasteiger partial charge in [0, 0.05) is 29.8 Å². The number of carbonyl (C=O) groups is 2. The second kappa shape index (κ2) is 9.39. The Labute approximate surface area is 154 Å². The maximum Gasteiger partial charge on any atom is 0.355 e. The van der Waals surface area contributed by atoms with Crippen LogP contribution < -0.4 is 10.1 Å². The molecule has 0 bridgehead atoms. The van der Waals surface area contributed by atoms with Gasteiger partial charge in [0.05, 0.1) is 11.6 Å². The first-order valence-corrected chi connectivity index (χ1v) is 9.05. The van der Waals surface area contributed by atoms with Gasteiger partial charge in [-0.2, -0.15) is 0 Å². The number of carboxylic acid groups (broad SMARTS) is 1. The van der Waals surface area contributed by atoms with E-state index in [2.05, 4.69) is 10.3 Å². The Balaban J connectivity index is 1.60. The highest BCUT2D eigenvalue weighted by molar-refractivity contribution is 7.09. The van der Waals surface area contributed by atoms with Gasteiger partial charge in [0.15, 0.2) is 5.69 Å². The number of carbonyl (C=O) groups excluding carboxylic acids is 1. The van der Waals surface area contributed by atoms with Gasteiger partial charge in [-0.25, -0.2) is 9.78 Å². The molecular formula is C17H19ClN2O4S. The van der Waals surface area contributed by atoms with E-state index in [1.807, 2.05) is 13.0 Å². The lowest BCUT2D eigenvalue weighted by Crippen LogP contribution is -2.25. The predicted octanol–water partition coefficient (Wildman–Crippen LogP) is 3.32. The summed E-state index contributed by atoms with van der Waals surface area (Å²) in [6.45, 7) is 2.79. The lowest BCUT2D eigenvalue weighted by atomic mass is 10.2. The summed E-state index contributed by atoms with van der Waals surface area (Å²) in [5, 5.41) is 14.5. The summed E-state index contributed by atoms with van der Waals surface area (Å²) in [5.74, 6) is -0.367. The Morgan fingerprint density at radius 3 is 2.88 bits per heavy atom. The number of amides is 1. The van der Waals surface area contributed by atoms with Crippen molar-refractivity contribution in [1.29, 1.82) is 0 Å². The zero-order valence-electron chi connectivity index (χ0n) is 13.8. The van der Waals surface area contributed by atoms with Gasteiger partial charge < -0.3 is 15.2 Å². The standard InChI is InChI=1S/C17H19ClN2O4S/c1-11-9-12(4-5-13(11)18)24-8-2-3-15(21)19-7-6-16-20-14(10-25-16)17(22)23/h4-5,9-10H,2-3,6-8H2,1H3,(H,19,21)(H,22,23). The van der Waals surface area contributed by atoms with Crippen molar-refractivity contribution in [2.75, 3.05) is 13.2 Å². The van der Waals surface area contributed by atoms with Crippen LogP contribution in [0.15, 0.2) is 23.6 Å². The van der Waals surface area contributed by atoms with Crippen molar-refractivity contribution >= 4 is 34.8 Å². The number of rotatable bonds is 9. The van der Waals surface area contributed by atoms with Gasteiger partial charge in [-0.1, -0.05) is 11.6 Å². The lowest BCUT2D eigenvalue weighted by Gasteiger charge is -2.08. The molecule has 0 aliphatic rings. The smallest absolute Gasteiger partial charge is 0.355 e. The van der Waals surface area contributed by atoms with Crippen LogP contribution in [0.25, 0.3) is 0 Å². The number of aromatic carboxylic acids is 1. The normalized spacial score (nSPS) is 10.5. The summed E-state index contributed by atoms with van der Waals surface area (Å²) in [5.41, 5.74) is 0.992. The van der Waals surface area contributed by atoms with Gasteiger partial charge in [-0.15, -0.1) is 11.3 Å². The highest BCUT2D eigenvalue weighted by atomic mass is 35.5. The first-order valence-electron chi connectivity index (χ1n) is 7.79. The maximum absolute atomic E-state index is 11.8. The summed E-state index contributed by atoms with van der Waals surface area (Å²) in [6, 6.07) is 5.45. The number of hydrogen-bond acceptors (Lipinski definition) is 5. The van der Waals surface area contributed by atoms with Crippen LogP contribution in [0.3, 0.4) is 0 Å². The molecule has 0 saturated heterocycles. The summed E-state index contributed by atoms with van der Waals surface area (Å²) in [7, 11) is 0. The zero-order chi connectivity index (χ0) is 18.2. The molecule has 134 valence electrons. The van der Waals surface area contributed by atoms with Crippen LogP contribution in [-0.2, 0) is 11.2 Å². The molecule has 0 unspecified atom stereocenters. The molecule has 0 fully saturated rings. The van der Waals surface area contributed by atoms with Crippen LogP contribution in [0.2, 0.25) is 5.02 Å². The van der Waals surface area contributed by atoms with Crippen LogP contribution in [0.5, 0.6) is 5.75 Å². The van der Waals surface area contributed by atoms with Crippen molar-refractivity contribution in [1.82, 2.24) is 10.3 Å². The summed E-state index contributed by atoms with van der Waals surface area (Å²) in [4.78, 5) is 26.5. The molecule has 0 atom stereocenters. The molecule has 6 nitrogen and oxygen atoms in total. The van der Waals surface area contributed by atoms with E-state index in [4.69, 9.17) is 21.4 Å². The Morgan fingerprint density at radius 2 is 2.20 bits per heavy atom. The van der Waals surface area contributed by atoms with Crippen LogP contribution in [-0.4, -0.2) is 35.1 Å². The third-order valence-electron chi connectivity index (χ3n) is 3.38. The number of aryl methyl sites for hydroxylation is 1. The van der Waals surface area contributed by atoms with Crippen molar-refractivity contribution in [3.8, 4) is 5.75 Å². The van der Waals surface area contributed by atoms with E-state index in [0.29, 0.717) is 42.4 Å². The number of ether oxygens (including phenoxy) is 1. The second-order valence-corrected chi connectivity index (χ2v) is 6.74. The quantitative estimate of drug-likeness (QED) is 0.649. The summed E-state index contributed by atoms with van der Waals surface area (Å²) >= 11 is 7.23. The van der Waals surface area contributed by atoms with Gasteiger partial charge in [0.2, 0.25) is 5.91 Å². The van der Waals surface area contributed by atoms with E-state index in [1.54, 1.807) is 12.1 Å². The Morgan fingerprint density at radius 1 is 1.40 bits per heavy atom. The minimum absolute atomic E-state index is 0.0425. The summed E-state index contributed by atoms with van der Waals surface area (Å²) in [6.07, 6.45) is 1.49. The minimum atomic E-state index is -1.04. The fourth-order valence-electron chi connectivity index (χ4n) is 2.05. The van der Waals surface area contributed by atoms with E-state index in [1.165, 1.54) is 16.7 Å². The van der Waals surface area contributed by atoms with Gasteiger partial charge >= 0.3 is 5.97 Å². The monoisotopic (exact) mass is 382 g/mol. The maximum atomic E-state index is 11.8. The average molecular weight is 383 g/mol. The highest BCUT2D eigenvalue weighted by Crippen LogP contribution is 2.21. The third kappa shape index (κ3) is 6.36. The highest BCUT2D eigenvalue weighted by Gasteiger charge is 2.09. The third-order valence-corrected chi connectivity index (χ3v) is 4.71. The van der Waals surface area contributed by atoms with Gasteiger partial charge in [0.1, 0.15) is 5.75 Å². The number of hydrogen-bond donors (Lipinski definition) is 2. The molecule has 25 heavy (non-hydrogen) atoms. The Kier molecular flexibility index (Phi) is 7.21. The molecule has 0 aliphatic heterocycles. The van der Waals surface area contributed by atoms with Crippen molar-refractivity contribution in [3.05, 3.63) is 44.9 Å². The molecular weight excluding hydrogens is 364 g/mol. The Hall–Kier alpha value is -2.12. The molecule has 2 aromatic rings. The number of nitrogens with zero attached hydrogens (tertiary/aromatic N) is 1. The fraction of sp³-hybridized carbons (Fsp3) is 0.353. The van der Waals surface area contributed by atoms with E-state index >= 15 is 0 Å². The van der Waals surface area contributed by atoms with Gasteiger partial charge in [-0.3, -0.25) is 4.79 Å². The molecule has 8 heteroatoms. The van der Waals surface area contributed by atoms with Gasteiger partial charge in [0.25, 0.3) is 0 Å². The number of benzene rings is 1. The molecule has 2 rings (SSSR count). The van der Waals surface area contributed by atoms with Crippen molar-refractivity contribution in [3.63, 3.8) is 0 Å². The molecule has 1 amide bonds. The first kappa shape index (κ1) is 19.2. The largest absolute Gasteiger partial charge is 0.494 e. The SMILES string of the molecule is Cc1cc(OCCCC(=O)NCCc2nc(C(=O)O)cs2)ccc1Cl. The lowest BCUT2D eigenvalue weighted by molar-refractivity contribution is -0.121. The predicted molar refractivity (Wildman–Crippen MR) is 96.7 cm³/mol. The van der Waals surface area contributed by atoms with Crippen LogP contribution in [0.1, 0.15) is 33.9 Å². The van der Waals surface area contributed by atoms with Crippen LogP contribution in [0.4, 0.5) is 0 Å². The molecule has 0 aliphatic carbocycles. The van der Waals surface area contributed by atoms with E-state index in [-0.39, 0.29) is 11.6 Å². The molecule has 1 aromatic heterocycles. The molecule has 0 saturated carbocycles. The van der Waals surface area contributed by atoms with Crippen LogP contribution in [0, 0.1) is 6.92 Å². The van der Waals surface area contributed by atoms with Gasteiger partial charge in [-0.05, 0) is 37.1 Å². The second-order valence-electron chi connectivity index (χ2n) is 5.39. The topological polar surface area (TPSA) is 88.5 Å². The molecule has 1 heterocycles. The van der Waals surface area contributed by atoms with Crippen molar-refractivity contribution in [2.24, 2.45) is 0 Å². The minimum Gasteiger partial charge on any atom is -0.494 e.